The zero-order chi connectivity index (χ0) is 17.1. The Labute approximate surface area is 163 Å². The molecule has 0 fully saturated rings. The number of aromatic nitrogens is 4. The van der Waals surface area contributed by atoms with Crippen LogP contribution in [0.25, 0.3) is 10.8 Å². The van der Waals surface area contributed by atoms with Crippen molar-refractivity contribution in [2.75, 3.05) is 5.32 Å². The van der Waals surface area contributed by atoms with Gasteiger partial charge < -0.3 is 14.2 Å². The van der Waals surface area contributed by atoms with Crippen molar-refractivity contribution in [3.05, 3.63) is 46.0 Å². The molecular formula is C14H10BrN5O2S3. The number of rotatable bonds is 7. The summed E-state index contributed by atoms with van der Waals surface area (Å²) < 4.78 is 12.8. The number of furan rings is 1. The highest BCUT2D eigenvalue weighted by molar-refractivity contribution is 9.11. The zero-order valence-corrected chi connectivity index (χ0v) is 16.5. The summed E-state index contributed by atoms with van der Waals surface area (Å²) in [5.41, 5.74) is 0. The van der Waals surface area contributed by atoms with Gasteiger partial charge in [0.2, 0.25) is 11.0 Å². The number of hydrogen-bond acceptors (Lipinski definition) is 10. The second-order valence-corrected chi connectivity index (χ2v) is 9.36. The number of nitrogens with zero attached hydrogens (tertiary/aromatic N) is 4. The van der Waals surface area contributed by atoms with Crippen LogP contribution in [-0.4, -0.2) is 20.4 Å². The fraction of sp³-hybridized carbons (Fsp3) is 0.143. The predicted octanol–water partition coefficient (Wildman–Crippen LogP) is 4.91. The molecule has 128 valence electrons. The Morgan fingerprint density at radius 2 is 2.08 bits per heavy atom. The number of halogens is 1. The Bertz CT molecular complexity index is 949. The second kappa shape index (κ2) is 7.68. The lowest BCUT2D eigenvalue weighted by molar-refractivity contribution is 0.518. The third-order valence-electron chi connectivity index (χ3n) is 2.97. The summed E-state index contributed by atoms with van der Waals surface area (Å²) in [4.78, 5) is 0.941. The largest absolute Gasteiger partial charge is 0.467 e. The molecule has 4 aromatic heterocycles. The molecule has 0 aliphatic carbocycles. The first-order valence-electron chi connectivity index (χ1n) is 7.07. The lowest BCUT2D eigenvalue weighted by Crippen LogP contribution is -1.96. The van der Waals surface area contributed by atoms with Crippen LogP contribution in [0.1, 0.15) is 11.7 Å². The van der Waals surface area contributed by atoms with E-state index in [1.165, 1.54) is 23.1 Å². The van der Waals surface area contributed by atoms with Gasteiger partial charge in [0.1, 0.15) is 5.76 Å². The Kier molecular flexibility index (Phi) is 5.15. The molecule has 0 aromatic carbocycles. The van der Waals surface area contributed by atoms with Gasteiger partial charge in [-0.05, 0) is 40.2 Å². The van der Waals surface area contributed by atoms with E-state index in [1.807, 2.05) is 24.3 Å². The molecule has 0 spiro atoms. The van der Waals surface area contributed by atoms with Gasteiger partial charge in [-0.2, -0.15) is 0 Å². The lowest BCUT2D eigenvalue weighted by Gasteiger charge is -1.96. The van der Waals surface area contributed by atoms with Crippen molar-refractivity contribution in [3.8, 4) is 10.8 Å². The summed E-state index contributed by atoms with van der Waals surface area (Å²) in [6.07, 6.45) is 1.64. The van der Waals surface area contributed by atoms with Gasteiger partial charge in [-0.1, -0.05) is 23.1 Å². The van der Waals surface area contributed by atoms with Gasteiger partial charge in [0.05, 0.1) is 27.2 Å². The lowest BCUT2D eigenvalue weighted by atomic mass is 10.4. The van der Waals surface area contributed by atoms with E-state index < -0.39 is 0 Å². The quantitative estimate of drug-likeness (QED) is 0.393. The third-order valence-corrected chi connectivity index (χ3v) is 6.58. The van der Waals surface area contributed by atoms with Crippen LogP contribution < -0.4 is 5.32 Å². The smallest absolute Gasteiger partial charge is 0.257 e. The molecule has 25 heavy (non-hydrogen) atoms. The summed E-state index contributed by atoms with van der Waals surface area (Å²) in [6, 6.07) is 7.66. The number of thiophene rings is 1. The molecule has 4 rings (SSSR count). The van der Waals surface area contributed by atoms with Crippen LogP contribution in [0.2, 0.25) is 0 Å². The third kappa shape index (κ3) is 4.29. The van der Waals surface area contributed by atoms with Crippen LogP contribution in [0, 0.1) is 0 Å². The van der Waals surface area contributed by atoms with Gasteiger partial charge in [0.15, 0.2) is 4.34 Å². The molecule has 1 N–H and O–H groups in total. The monoisotopic (exact) mass is 455 g/mol. The molecule has 0 saturated carbocycles. The van der Waals surface area contributed by atoms with Gasteiger partial charge in [-0.25, -0.2) is 0 Å². The van der Waals surface area contributed by atoms with E-state index in [0.29, 0.717) is 24.1 Å². The molecule has 0 radical (unpaired) electrons. The van der Waals surface area contributed by atoms with Crippen molar-refractivity contribution in [1.82, 2.24) is 20.4 Å². The topological polar surface area (TPSA) is 89.9 Å². The van der Waals surface area contributed by atoms with Crippen molar-refractivity contribution in [2.24, 2.45) is 0 Å². The van der Waals surface area contributed by atoms with Gasteiger partial charge in [-0.3, -0.25) is 0 Å². The fourth-order valence-corrected chi connectivity index (χ4v) is 4.77. The van der Waals surface area contributed by atoms with E-state index in [4.69, 9.17) is 8.83 Å². The van der Waals surface area contributed by atoms with Crippen molar-refractivity contribution in [1.29, 1.82) is 0 Å². The summed E-state index contributed by atoms with van der Waals surface area (Å²) in [5, 5.41) is 20.3. The van der Waals surface area contributed by atoms with Gasteiger partial charge in [0.25, 0.3) is 5.89 Å². The van der Waals surface area contributed by atoms with E-state index in [2.05, 4.69) is 41.6 Å². The van der Waals surface area contributed by atoms with Crippen molar-refractivity contribution in [2.45, 2.75) is 16.6 Å². The Balaban J connectivity index is 1.32. The molecule has 4 heterocycles. The standard InChI is InChI=1S/C14H10BrN5O2S3/c15-10-4-3-9(24-10)12-18-17-11(22-12)7-23-14-20-19-13(25-14)16-6-8-2-1-5-21-8/h1-5H,6-7H2,(H,16,19). The van der Waals surface area contributed by atoms with Gasteiger partial charge in [-0.15, -0.1) is 31.7 Å². The van der Waals surface area contributed by atoms with Crippen LogP contribution >= 0.6 is 50.4 Å². The van der Waals surface area contributed by atoms with E-state index in [0.717, 1.165) is 23.9 Å². The average Bonchev–Trinajstić information content (AvgIpc) is 3.38. The molecule has 0 saturated heterocycles. The summed E-state index contributed by atoms with van der Waals surface area (Å²) >= 11 is 7.96. The maximum atomic E-state index is 5.68. The summed E-state index contributed by atoms with van der Waals surface area (Å²) in [7, 11) is 0. The highest BCUT2D eigenvalue weighted by Gasteiger charge is 2.12. The maximum Gasteiger partial charge on any atom is 0.257 e. The van der Waals surface area contributed by atoms with Crippen LogP contribution in [0.5, 0.6) is 0 Å². The molecule has 4 aromatic rings. The summed E-state index contributed by atoms with van der Waals surface area (Å²) in [6.45, 7) is 0.579. The number of anilines is 1. The highest BCUT2D eigenvalue weighted by atomic mass is 79.9. The van der Waals surface area contributed by atoms with E-state index in [-0.39, 0.29) is 0 Å². The van der Waals surface area contributed by atoms with Crippen molar-refractivity contribution >= 4 is 55.5 Å². The number of thioether (sulfide) groups is 1. The average molecular weight is 456 g/mol. The van der Waals surface area contributed by atoms with Gasteiger partial charge in [0, 0.05) is 0 Å². The van der Waals surface area contributed by atoms with E-state index >= 15 is 0 Å². The normalized spacial score (nSPS) is 11.1. The Morgan fingerprint density at radius 1 is 1.12 bits per heavy atom. The van der Waals surface area contributed by atoms with Crippen LogP contribution in [0.3, 0.4) is 0 Å². The first kappa shape index (κ1) is 16.8. The summed E-state index contributed by atoms with van der Waals surface area (Å²) in [5.74, 6) is 2.49. The maximum absolute atomic E-state index is 5.68. The van der Waals surface area contributed by atoms with E-state index in [9.17, 15) is 0 Å². The van der Waals surface area contributed by atoms with Crippen molar-refractivity contribution in [3.63, 3.8) is 0 Å². The molecule has 0 amide bonds. The van der Waals surface area contributed by atoms with Crippen molar-refractivity contribution < 1.29 is 8.83 Å². The molecule has 0 bridgehead atoms. The SMILES string of the molecule is Brc1ccc(-c2nnc(CSc3nnc(NCc4ccco4)s3)o2)s1. The Morgan fingerprint density at radius 3 is 2.88 bits per heavy atom. The number of hydrogen-bond donors (Lipinski definition) is 1. The van der Waals surface area contributed by atoms with Crippen LogP contribution in [0.15, 0.2) is 47.5 Å². The van der Waals surface area contributed by atoms with E-state index in [1.54, 1.807) is 17.6 Å². The minimum atomic E-state index is 0.532. The predicted molar refractivity (Wildman–Crippen MR) is 101 cm³/mol. The highest BCUT2D eigenvalue weighted by Crippen LogP contribution is 2.32. The first-order valence-corrected chi connectivity index (χ1v) is 10.5. The molecular weight excluding hydrogens is 446 g/mol. The minimum absolute atomic E-state index is 0.532. The first-order chi connectivity index (χ1) is 12.3. The minimum Gasteiger partial charge on any atom is -0.467 e. The Hall–Kier alpha value is -1.69. The molecule has 11 heteroatoms. The zero-order valence-electron chi connectivity index (χ0n) is 12.5. The number of nitrogens with one attached hydrogen (secondary N) is 1. The fourth-order valence-electron chi connectivity index (χ4n) is 1.88. The van der Waals surface area contributed by atoms with Crippen LogP contribution in [-0.2, 0) is 12.3 Å². The second-order valence-electron chi connectivity index (χ2n) is 4.70. The molecule has 7 nitrogen and oxygen atoms in total. The molecule has 0 aliphatic rings. The molecule has 0 atom stereocenters. The van der Waals surface area contributed by atoms with Crippen LogP contribution in [0.4, 0.5) is 5.13 Å². The molecule has 0 unspecified atom stereocenters. The van der Waals surface area contributed by atoms with Gasteiger partial charge >= 0.3 is 0 Å². The molecule has 0 aliphatic heterocycles.